The summed E-state index contributed by atoms with van der Waals surface area (Å²) in [5.74, 6) is -0.993. The minimum atomic E-state index is -0.993. The van der Waals surface area contributed by atoms with Crippen molar-refractivity contribution < 1.29 is 9.90 Å². The molecule has 0 unspecified atom stereocenters. The number of carbonyl (C=O) groups is 1. The van der Waals surface area contributed by atoms with Crippen LogP contribution in [0.1, 0.15) is 5.56 Å². The molecule has 0 saturated heterocycles. The van der Waals surface area contributed by atoms with Crippen molar-refractivity contribution >= 4 is 12.0 Å². The molecule has 1 aromatic rings. The van der Waals surface area contributed by atoms with Crippen LogP contribution in [-0.2, 0) is 4.79 Å². The molecule has 2 heteroatoms. The van der Waals surface area contributed by atoms with Gasteiger partial charge in [-0.05, 0) is 11.6 Å². The molecule has 0 aliphatic rings. The standard InChI is InChI=1S/C11H10O2/c1-9(11(12)13)7-8-10-5-3-2-4-6-10/h2-8H,1H2,(H,12,13)/b8-7+. The van der Waals surface area contributed by atoms with Crippen molar-refractivity contribution in [3.05, 3.63) is 54.1 Å². The molecule has 0 aromatic heterocycles. The molecule has 2 nitrogen and oxygen atoms in total. The van der Waals surface area contributed by atoms with Gasteiger partial charge in [-0.1, -0.05) is 43.0 Å². The van der Waals surface area contributed by atoms with Crippen LogP contribution < -0.4 is 0 Å². The van der Waals surface area contributed by atoms with Gasteiger partial charge in [0.1, 0.15) is 0 Å². The number of benzene rings is 1. The van der Waals surface area contributed by atoms with E-state index < -0.39 is 5.97 Å². The van der Waals surface area contributed by atoms with Crippen LogP contribution in [0, 0.1) is 0 Å². The second-order valence-electron chi connectivity index (χ2n) is 2.57. The molecule has 0 radical (unpaired) electrons. The van der Waals surface area contributed by atoms with Crippen LogP contribution in [0.25, 0.3) is 6.08 Å². The van der Waals surface area contributed by atoms with E-state index in [-0.39, 0.29) is 5.57 Å². The molecule has 66 valence electrons. The van der Waals surface area contributed by atoms with Crippen molar-refractivity contribution in [2.45, 2.75) is 0 Å². The van der Waals surface area contributed by atoms with E-state index in [9.17, 15) is 4.79 Å². The van der Waals surface area contributed by atoms with Crippen LogP contribution >= 0.6 is 0 Å². The fourth-order valence-electron chi connectivity index (χ4n) is 0.832. The Morgan fingerprint density at radius 2 is 1.92 bits per heavy atom. The summed E-state index contributed by atoms with van der Waals surface area (Å²) in [5.41, 5.74) is 1.05. The van der Waals surface area contributed by atoms with Crippen LogP contribution in [-0.4, -0.2) is 11.1 Å². The smallest absolute Gasteiger partial charge is 0.335 e. The average Bonchev–Trinajstić information content (AvgIpc) is 2.15. The van der Waals surface area contributed by atoms with Gasteiger partial charge in [-0.15, -0.1) is 0 Å². The molecule has 1 N–H and O–H groups in total. The average molecular weight is 174 g/mol. The highest BCUT2D eigenvalue weighted by Gasteiger charge is 1.96. The Labute approximate surface area is 76.8 Å². The topological polar surface area (TPSA) is 37.3 Å². The summed E-state index contributed by atoms with van der Waals surface area (Å²) in [5, 5.41) is 8.51. The van der Waals surface area contributed by atoms with Crippen molar-refractivity contribution in [3.8, 4) is 0 Å². The first-order valence-corrected chi connectivity index (χ1v) is 3.85. The Hall–Kier alpha value is -1.83. The van der Waals surface area contributed by atoms with Crippen molar-refractivity contribution in [1.82, 2.24) is 0 Å². The van der Waals surface area contributed by atoms with E-state index in [1.54, 1.807) is 6.08 Å². The molecule has 0 atom stereocenters. The Balaban J connectivity index is 2.70. The van der Waals surface area contributed by atoms with E-state index in [4.69, 9.17) is 5.11 Å². The van der Waals surface area contributed by atoms with Crippen LogP contribution in [0.15, 0.2) is 48.6 Å². The molecule has 0 saturated carbocycles. The summed E-state index contributed by atoms with van der Waals surface area (Å²) in [7, 11) is 0. The third-order valence-electron chi connectivity index (χ3n) is 1.55. The van der Waals surface area contributed by atoms with Gasteiger partial charge in [0.2, 0.25) is 0 Å². The summed E-state index contributed by atoms with van der Waals surface area (Å²) in [6.45, 7) is 3.38. The molecule has 0 bridgehead atoms. The van der Waals surface area contributed by atoms with Crippen molar-refractivity contribution in [2.24, 2.45) is 0 Å². The van der Waals surface area contributed by atoms with E-state index in [0.717, 1.165) is 5.56 Å². The van der Waals surface area contributed by atoms with Gasteiger partial charge in [-0.2, -0.15) is 0 Å². The third kappa shape index (κ3) is 2.95. The molecule has 0 fully saturated rings. The maximum Gasteiger partial charge on any atom is 0.335 e. The SMILES string of the molecule is C=C(/C=C/c1ccccc1)C(=O)O. The number of aliphatic carboxylic acids is 1. The molecule has 0 heterocycles. The highest BCUT2D eigenvalue weighted by atomic mass is 16.4. The molecule has 13 heavy (non-hydrogen) atoms. The molecule has 1 rings (SSSR count). The zero-order valence-electron chi connectivity index (χ0n) is 7.10. The number of hydrogen-bond acceptors (Lipinski definition) is 1. The van der Waals surface area contributed by atoms with Gasteiger partial charge in [0.15, 0.2) is 0 Å². The largest absolute Gasteiger partial charge is 0.478 e. The zero-order chi connectivity index (χ0) is 9.68. The monoisotopic (exact) mass is 174 g/mol. The van der Waals surface area contributed by atoms with Gasteiger partial charge in [-0.3, -0.25) is 0 Å². The lowest BCUT2D eigenvalue weighted by atomic mass is 10.2. The van der Waals surface area contributed by atoms with E-state index in [2.05, 4.69) is 6.58 Å². The van der Waals surface area contributed by atoms with Gasteiger partial charge < -0.3 is 5.11 Å². The van der Waals surface area contributed by atoms with E-state index in [1.807, 2.05) is 30.3 Å². The highest BCUT2D eigenvalue weighted by Crippen LogP contribution is 2.03. The van der Waals surface area contributed by atoms with Crippen LogP contribution in [0.4, 0.5) is 0 Å². The molecular formula is C11H10O2. The van der Waals surface area contributed by atoms with Gasteiger partial charge in [0.05, 0.1) is 5.57 Å². The first kappa shape index (κ1) is 9.26. The number of rotatable bonds is 3. The van der Waals surface area contributed by atoms with Gasteiger partial charge in [-0.25, -0.2) is 4.79 Å². The Kier molecular flexibility index (Phi) is 3.03. The molecule has 0 aliphatic carbocycles. The summed E-state index contributed by atoms with van der Waals surface area (Å²) in [6, 6.07) is 9.48. The molecule has 0 aliphatic heterocycles. The van der Waals surface area contributed by atoms with E-state index in [1.165, 1.54) is 6.08 Å². The third-order valence-corrected chi connectivity index (χ3v) is 1.55. The zero-order valence-corrected chi connectivity index (χ0v) is 7.10. The Morgan fingerprint density at radius 1 is 1.31 bits per heavy atom. The lowest BCUT2D eigenvalue weighted by Crippen LogP contribution is -1.94. The van der Waals surface area contributed by atoms with E-state index >= 15 is 0 Å². The second-order valence-corrected chi connectivity index (χ2v) is 2.57. The lowest BCUT2D eigenvalue weighted by molar-refractivity contribution is -0.132. The fraction of sp³-hybridized carbons (Fsp3) is 0. The maximum atomic E-state index is 10.4. The molecule has 1 aromatic carbocycles. The van der Waals surface area contributed by atoms with Crippen molar-refractivity contribution in [2.75, 3.05) is 0 Å². The number of carboxylic acid groups (broad SMARTS) is 1. The molecule has 0 spiro atoms. The maximum absolute atomic E-state index is 10.4. The lowest BCUT2D eigenvalue weighted by Gasteiger charge is -1.91. The fourth-order valence-corrected chi connectivity index (χ4v) is 0.832. The Bertz CT molecular complexity index is 336. The van der Waals surface area contributed by atoms with Gasteiger partial charge >= 0.3 is 5.97 Å². The first-order valence-electron chi connectivity index (χ1n) is 3.85. The minimum absolute atomic E-state index is 0.0869. The van der Waals surface area contributed by atoms with Crippen LogP contribution in [0.5, 0.6) is 0 Å². The highest BCUT2D eigenvalue weighted by molar-refractivity contribution is 5.90. The minimum Gasteiger partial charge on any atom is -0.478 e. The second kappa shape index (κ2) is 4.26. The Morgan fingerprint density at radius 3 is 2.46 bits per heavy atom. The number of carboxylic acids is 1. The van der Waals surface area contributed by atoms with Crippen molar-refractivity contribution in [1.29, 1.82) is 0 Å². The predicted octanol–water partition coefficient (Wildman–Crippen LogP) is 2.34. The quantitative estimate of drug-likeness (QED) is 0.564. The summed E-state index contributed by atoms with van der Waals surface area (Å²) >= 11 is 0. The summed E-state index contributed by atoms with van der Waals surface area (Å²) in [4.78, 5) is 10.4. The van der Waals surface area contributed by atoms with Crippen LogP contribution in [0.2, 0.25) is 0 Å². The van der Waals surface area contributed by atoms with Crippen molar-refractivity contribution in [3.63, 3.8) is 0 Å². The molecule has 0 amide bonds. The van der Waals surface area contributed by atoms with Gasteiger partial charge in [0, 0.05) is 0 Å². The van der Waals surface area contributed by atoms with Gasteiger partial charge in [0.25, 0.3) is 0 Å². The summed E-state index contributed by atoms with van der Waals surface area (Å²) in [6.07, 6.45) is 3.20. The van der Waals surface area contributed by atoms with E-state index in [0.29, 0.717) is 0 Å². The van der Waals surface area contributed by atoms with Crippen LogP contribution in [0.3, 0.4) is 0 Å². The first-order chi connectivity index (χ1) is 6.20. The number of hydrogen-bond donors (Lipinski definition) is 1. The summed E-state index contributed by atoms with van der Waals surface area (Å²) < 4.78 is 0. The normalized spacial score (nSPS) is 10.2. The molecular weight excluding hydrogens is 164 g/mol. The predicted molar refractivity (Wildman–Crippen MR) is 52.3 cm³/mol.